The topological polar surface area (TPSA) is 41.3 Å². The molecule has 94 valence electrons. The van der Waals surface area contributed by atoms with E-state index in [1.54, 1.807) is 12.1 Å². The third-order valence-electron chi connectivity index (χ3n) is 2.61. The van der Waals surface area contributed by atoms with E-state index in [-0.39, 0.29) is 10.8 Å². The summed E-state index contributed by atoms with van der Waals surface area (Å²) in [6.07, 6.45) is 0. The Kier molecular flexibility index (Phi) is 5.31. The molecule has 0 atom stereocenters. The molecule has 0 spiro atoms. The van der Waals surface area contributed by atoms with Gasteiger partial charge in [0.05, 0.1) is 5.56 Å². The second kappa shape index (κ2) is 6.51. The highest BCUT2D eigenvalue weighted by atomic mass is 32.1. The fourth-order valence-electron chi connectivity index (χ4n) is 1.46. The predicted octanol–water partition coefficient (Wildman–Crippen LogP) is 1.82. The molecule has 0 saturated heterocycles. The quantitative estimate of drug-likeness (QED) is 0.761. The highest BCUT2D eigenvalue weighted by molar-refractivity contribution is 7.80. The standard InChI is InChI=1S/C12H18FN3S/c1-3-16(2)8-7-15-10-6-4-5-9(13)11(10)12(14)17/h4-6,15H,3,7-8H2,1-2H3,(H2,14,17). The Morgan fingerprint density at radius 2 is 2.24 bits per heavy atom. The lowest BCUT2D eigenvalue weighted by molar-refractivity contribution is 0.367. The van der Waals surface area contributed by atoms with E-state index < -0.39 is 0 Å². The number of halogens is 1. The number of benzene rings is 1. The van der Waals surface area contributed by atoms with Crippen LogP contribution in [0.1, 0.15) is 12.5 Å². The van der Waals surface area contributed by atoms with Gasteiger partial charge >= 0.3 is 0 Å². The van der Waals surface area contributed by atoms with Gasteiger partial charge in [-0.3, -0.25) is 0 Å². The second-order valence-corrected chi connectivity index (χ2v) is 4.29. The molecule has 17 heavy (non-hydrogen) atoms. The number of nitrogens with one attached hydrogen (secondary N) is 1. The zero-order chi connectivity index (χ0) is 12.8. The zero-order valence-electron chi connectivity index (χ0n) is 10.2. The van der Waals surface area contributed by atoms with E-state index in [9.17, 15) is 4.39 Å². The van der Waals surface area contributed by atoms with E-state index in [2.05, 4.69) is 17.1 Å². The lowest BCUT2D eigenvalue weighted by atomic mass is 10.1. The van der Waals surface area contributed by atoms with Crippen molar-refractivity contribution in [2.24, 2.45) is 5.73 Å². The van der Waals surface area contributed by atoms with Crippen molar-refractivity contribution in [1.29, 1.82) is 0 Å². The first-order valence-electron chi connectivity index (χ1n) is 5.57. The summed E-state index contributed by atoms with van der Waals surface area (Å²) in [6.45, 7) is 4.67. The van der Waals surface area contributed by atoms with E-state index in [1.165, 1.54) is 6.07 Å². The first kappa shape index (κ1) is 13.9. The number of hydrogen-bond donors (Lipinski definition) is 2. The van der Waals surface area contributed by atoms with Gasteiger partial charge in [0, 0.05) is 18.8 Å². The Bertz CT molecular complexity index is 395. The molecule has 0 amide bonds. The van der Waals surface area contributed by atoms with Crippen LogP contribution < -0.4 is 11.1 Å². The maximum absolute atomic E-state index is 13.5. The molecule has 0 aliphatic rings. The van der Waals surface area contributed by atoms with E-state index in [0.29, 0.717) is 11.3 Å². The molecule has 1 rings (SSSR count). The minimum absolute atomic E-state index is 0.0782. The van der Waals surface area contributed by atoms with E-state index in [4.69, 9.17) is 18.0 Å². The van der Waals surface area contributed by atoms with Gasteiger partial charge in [0.1, 0.15) is 10.8 Å². The average Bonchev–Trinajstić information content (AvgIpc) is 2.28. The summed E-state index contributed by atoms with van der Waals surface area (Å²) >= 11 is 4.85. The second-order valence-electron chi connectivity index (χ2n) is 3.85. The maximum atomic E-state index is 13.5. The highest BCUT2D eigenvalue weighted by Crippen LogP contribution is 2.18. The van der Waals surface area contributed by atoms with Gasteiger partial charge in [0.15, 0.2) is 0 Å². The van der Waals surface area contributed by atoms with Gasteiger partial charge in [-0.15, -0.1) is 0 Å². The van der Waals surface area contributed by atoms with Crippen LogP contribution in [-0.2, 0) is 0 Å². The molecule has 3 N–H and O–H groups in total. The molecule has 0 bridgehead atoms. The van der Waals surface area contributed by atoms with Crippen LogP contribution in [-0.4, -0.2) is 36.6 Å². The Balaban J connectivity index is 2.71. The molecular weight excluding hydrogens is 237 g/mol. The van der Waals surface area contributed by atoms with E-state index >= 15 is 0 Å². The van der Waals surface area contributed by atoms with Gasteiger partial charge < -0.3 is 16.0 Å². The van der Waals surface area contributed by atoms with E-state index in [1.807, 2.05) is 7.05 Å². The van der Waals surface area contributed by atoms with Crippen molar-refractivity contribution < 1.29 is 4.39 Å². The average molecular weight is 255 g/mol. The summed E-state index contributed by atoms with van der Waals surface area (Å²) in [6, 6.07) is 4.78. The monoisotopic (exact) mass is 255 g/mol. The van der Waals surface area contributed by atoms with Crippen LogP contribution in [0.2, 0.25) is 0 Å². The number of nitrogens with zero attached hydrogens (tertiary/aromatic N) is 1. The SMILES string of the molecule is CCN(C)CCNc1cccc(F)c1C(N)=S. The summed E-state index contributed by atoms with van der Waals surface area (Å²) in [5.41, 5.74) is 6.46. The van der Waals surface area contributed by atoms with Crippen LogP contribution in [0.25, 0.3) is 0 Å². The number of likely N-dealkylation sites (N-methyl/N-ethyl adjacent to an activating group) is 1. The largest absolute Gasteiger partial charge is 0.389 e. The molecule has 0 aliphatic heterocycles. The number of thiocarbonyl (C=S) groups is 1. The lowest BCUT2D eigenvalue weighted by Crippen LogP contribution is -2.25. The minimum atomic E-state index is -0.383. The molecule has 1 aromatic carbocycles. The smallest absolute Gasteiger partial charge is 0.135 e. The van der Waals surface area contributed by atoms with Crippen molar-refractivity contribution in [1.82, 2.24) is 4.90 Å². The van der Waals surface area contributed by atoms with Crippen LogP contribution in [0.5, 0.6) is 0 Å². The summed E-state index contributed by atoms with van der Waals surface area (Å²) < 4.78 is 13.5. The Hall–Kier alpha value is -1.20. The molecular formula is C12H18FN3S. The summed E-state index contributed by atoms with van der Waals surface area (Å²) in [5.74, 6) is -0.383. The third kappa shape index (κ3) is 3.94. The van der Waals surface area contributed by atoms with Gasteiger partial charge in [-0.05, 0) is 25.7 Å². The van der Waals surface area contributed by atoms with Crippen LogP contribution >= 0.6 is 12.2 Å². The van der Waals surface area contributed by atoms with Crippen molar-refractivity contribution in [2.75, 3.05) is 32.0 Å². The molecule has 0 radical (unpaired) electrons. The number of hydrogen-bond acceptors (Lipinski definition) is 3. The van der Waals surface area contributed by atoms with Crippen molar-refractivity contribution in [2.45, 2.75) is 6.92 Å². The maximum Gasteiger partial charge on any atom is 0.135 e. The summed E-state index contributed by atoms with van der Waals surface area (Å²) in [7, 11) is 2.03. The van der Waals surface area contributed by atoms with Crippen LogP contribution in [0, 0.1) is 5.82 Å². The number of anilines is 1. The van der Waals surface area contributed by atoms with Gasteiger partial charge in [-0.1, -0.05) is 25.2 Å². The van der Waals surface area contributed by atoms with Crippen molar-refractivity contribution in [3.8, 4) is 0 Å². The number of nitrogens with two attached hydrogens (primary N) is 1. The molecule has 3 nitrogen and oxygen atoms in total. The molecule has 0 heterocycles. The van der Waals surface area contributed by atoms with Gasteiger partial charge in [-0.25, -0.2) is 4.39 Å². The Morgan fingerprint density at radius 3 is 2.82 bits per heavy atom. The first-order valence-corrected chi connectivity index (χ1v) is 5.97. The van der Waals surface area contributed by atoms with Gasteiger partial charge in [0.25, 0.3) is 0 Å². The van der Waals surface area contributed by atoms with Crippen molar-refractivity contribution >= 4 is 22.9 Å². The molecule has 0 aromatic heterocycles. The molecule has 0 saturated carbocycles. The lowest BCUT2D eigenvalue weighted by Gasteiger charge is -2.16. The molecule has 0 fully saturated rings. The molecule has 0 aliphatic carbocycles. The number of rotatable bonds is 6. The van der Waals surface area contributed by atoms with Crippen molar-refractivity contribution in [3.05, 3.63) is 29.6 Å². The normalized spacial score (nSPS) is 10.6. The van der Waals surface area contributed by atoms with Crippen molar-refractivity contribution in [3.63, 3.8) is 0 Å². The van der Waals surface area contributed by atoms with Crippen LogP contribution in [0.3, 0.4) is 0 Å². The highest BCUT2D eigenvalue weighted by Gasteiger charge is 2.10. The predicted molar refractivity (Wildman–Crippen MR) is 73.9 cm³/mol. The Labute approximate surface area is 107 Å². The summed E-state index contributed by atoms with van der Waals surface area (Å²) in [4.78, 5) is 2.24. The molecule has 5 heteroatoms. The fraction of sp³-hybridized carbons (Fsp3) is 0.417. The Morgan fingerprint density at radius 1 is 1.53 bits per heavy atom. The third-order valence-corrected chi connectivity index (χ3v) is 2.81. The molecule has 1 aromatic rings. The zero-order valence-corrected chi connectivity index (χ0v) is 11.0. The van der Waals surface area contributed by atoms with Gasteiger partial charge in [0.2, 0.25) is 0 Å². The minimum Gasteiger partial charge on any atom is -0.389 e. The summed E-state index contributed by atoms with van der Waals surface area (Å²) in [5, 5.41) is 3.15. The van der Waals surface area contributed by atoms with E-state index in [0.717, 1.165) is 19.6 Å². The molecule has 0 unspecified atom stereocenters. The van der Waals surface area contributed by atoms with Gasteiger partial charge in [-0.2, -0.15) is 0 Å². The van der Waals surface area contributed by atoms with Crippen LogP contribution in [0.15, 0.2) is 18.2 Å². The fourth-order valence-corrected chi connectivity index (χ4v) is 1.67. The van der Waals surface area contributed by atoms with Crippen LogP contribution in [0.4, 0.5) is 10.1 Å². The first-order chi connectivity index (χ1) is 8.06.